The molecule has 9 heteroatoms. The highest BCUT2D eigenvalue weighted by molar-refractivity contribution is 5.94. The quantitative estimate of drug-likeness (QED) is 0.301. The molecule has 1 aromatic carbocycles. The lowest BCUT2D eigenvalue weighted by atomic mass is 10.1. The Kier molecular flexibility index (Phi) is 6.98. The lowest BCUT2D eigenvalue weighted by molar-refractivity contribution is -0.143. The van der Waals surface area contributed by atoms with Crippen LogP contribution in [0.3, 0.4) is 0 Å². The summed E-state index contributed by atoms with van der Waals surface area (Å²) in [7, 11) is 1.56. The lowest BCUT2D eigenvalue weighted by Crippen LogP contribution is -2.17. The van der Waals surface area contributed by atoms with E-state index < -0.39 is 11.8 Å². The van der Waals surface area contributed by atoms with Gasteiger partial charge in [-0.25, -0.2) is 14.4 Å². The fraction of sp³-hybridized carbons (Fsp3) is 0.294. The average Bonchev–Trinajstić information content (AvgIpc) is 2.61. The van der Waals surface area contributed by atoms with Crippen LogP contribution in [0, 0.1) is 11.2 Å². The van der Waals surface area contributed by atoms with E-state index in [1.165, 1.54) is 18.5 Å². The molecule has 0 amide bonds. The number of carbonyl (C=O) groups excluding carboxylic acids is 1. The number of esters is 1. The molecule has 0 atom stereocenters. The van der Waals surface area contributed by atoms with Gasteiger partial charge >= 0.3 is 12.0 Å². The molecule has 0 radical (unpaired) electrons. The Morgan fingerprint density at radius 2 is 2.00 bits per heavy atom. The number of nitrogens with two attached hydrogens (primary N) is 1. The second-order valence-corrected chi connectivity index (χ2v) is 5.24. The first-order valence-corrected chi connectivity index (χ1v) is 7.71. The second-order valence-electron chi connectivity index (χ2n) is 5.24. The molecule has 0 aliphatic heterocycles. The van der Waals surface area contributed by atoms with Crippen LogP contribution < -0.4 is 10.5 Å². The van der Waals surface area contributed by atoms with Gasteiger partial charge in [-0.15, -0.1) is 0 Å². The van der Waals surface area contributed by atoms with Crippen LogP contribution in [0.25, 0.3) is 11.1 Å². The van der Waals surface area contributed by atoms with Crippen molar-refractivity contribution in [3.05, 3.63) is 42.0 Å². The predicted molar refractivity (Wildman–Crippen MR) is 91.1 cm³/mol. The van der Waals surface area contributed by atoms with E-state index in [1.807, 2.05) is 0 Å². The summed E-state index contributed by atoms with van der Waals surface area (Å²) in [6.45, 7) is 0.459. The number of amidine groups is 1. The molecule has 3 N–H and O–H groups in total. The number of nitrogens with one attached hydrogen (secondary N) is 1. The minimum atomic E-state index is -0.691. The molecule has 1 heterocycles. The molecule has 0 spiro atoms. The van der Waals surface area contributed by atoms with Crippen LogP contribution in [-0.2, 0) is 20.9 Å². The monoisotopic (exact) mass is 362 g/mol. The molecule has 8 nitrogen and oxygen atoms in total. The third kappa shape index (κ3) is 5.49. The minimum absolute atomic E-state index is 0.167. The van der Waals surface area contributed by atoms with Gasteiger partial charge in [0.15, 0.2) is 0 Å². The molecule has 138 valence electrons. The van der Waals surface area contributed by atoms with E-state index in [9.17, 15) is 9.18 Å². The molecule has 0 aliphatic carbocycles. The zero-order valence-corrected chi connectivity index (χ0v) is 14.2. The molecule has 0 saturated carbocycles. The molecule has 0 saturated heterocycles. The summed E-state index contributed by atoms with van der Waals surface area (Å²) in [6.07, 6.45) is 2.55. The number of rotatable bonds is 9. The fourth-order valence-electron chi connectivity index (χ4n) is 2.03. The highest BCUT2D eigenvalue weighted by atomic mass is 19.1. The van der Waals surface area contributed by atoms with Gasteiger partial charge in [-0.1, -0.05) is 18.2 Å². The number of hydrogen-bond donors (Lipinski definition) is 2. The average molecular weight is 362 g/mol. The number of halogens is 1. The summed E-state index contributed by atoms with van der Waals surface area (Å²) >= 11 is 0. The minimum Gasteiger partial charge on any atom is -0.461 e. The van der Waals surface area contributed by atoms with Crippen LogP contribution in [0.1, 0.15) is 12.0 Å². The predicted octanol–water partition coefficient (Wildman–Crippen LogP) is 1.68. The van der Waals surface area contributed by atoms with Gasteiger partial charge in [0.1, 0.15) is 31.3 Å². The Hall–Kier alpha value is -3.07. The van der Waals surface area contributed by atoms with E-state index in [4.69, 9.17) is 25.4 Å². The van der Waals surface area contributed by atoms with E-state index in [-0.39, 0.29) is 36.0 Å². The second kappa shape index (κ2) is 9.42. The normalized spacial score (nSPS) is 10.4. The van der Waals surface area contributed by atoms with Crippen molar-refractivity contribution in [1.82, 2.24) is 9.97 Å². The summed E-state index contributed by atoms with van der Waals surface area (Å²) in [4.78, 5) is 19.5. The fourth-order valence-corrected chi connectivity index (χ4v) is 2.03. The number of methoxy groups -OCH3 is 1. The zero-order valence-electron chi connectivity index (χ0n) is 14.2. The summed E-state index contributed by atoms with van der Waals surface area (Å²) < 4.78 is 29.7. The molecule has 0 aliphatic rings. The molecular weight excluding hydrogens is 343 g/mol. The van der Waals surface area contributed by atoms with Crippen molar-refractivity contribution in [3.8, 4) is 17.1 Å². The smallest absolute Gasteiger partial charge is 0.316 e. The standard InChI is InChI=1S/C17H19FN4O4/c1-24-5-6-25-17-21-8-12(9-22-17)13-4-2-3-11(16(13)18)10-26-15(23)7-14(19)20/h2-4,8-9H,5-7,10H2,1H3,(H3,19,20). The van der Waals surface area contributed by atoms with Gasteiger partial charge in [0.25, 0.3) is 0 Å². The van der Waals surface area contributed by atoms with E-state index >= 15 is 0 Å². The van der Waals surface area contributed by atoms with E-state index in [0.717, 1.165) is 0 Å². The summed E-state index contributed by atoms with van der Waals surface area (Å²) in [5.74, 6) is -1.54. The Balaban J connectivity index is 2.08. The lowest BCUT2D eigenvalue weighted by Gasteiger charge is -2.09. The summed E-state index contributed by atoms with van der Waals surface area (Å²) in [6, 6.07) is 4.87. The Bertz CT molecular complexity index is 768. The van der Waals surface area contributed by atoms with Crippen molar-refractivity contribution in [2.45, 2.75) is 13.0 Å². The molecule has 2 rings (SSSR count). The first-order chi connectivity index (χ1) is 12.5. The van der Waals surface area contributed by atoms with Gasteiger partial charge in [-0.2, -0.15) is 0 Å². The SMILES string of the molecule is COCCOc1ncc(-c2cccc(COC(=O)CC(=N)N)c2F)cn1. The Morgan fingerprint density at radius 1 is 1.27 bits per heavy atom. The molecule has 0 fully saturated rings. The summed E-state index contributed by atoms with van der Waals surface area (Å²) in [5, 5.41) is 7.04. The third-order valence-electron chi connectivity index (χ3n) is 3.26. The molecular formula is C17H19FN4O4. The van der Waals surface area contributed by atoms with Gasteiger partial charge in [-0.3, -0.25) is 10.2 Å². The third-order valence-corrected chi connectivity index (χ3v) is 3.26. The topological polar surface area (TPSA) is 120 Å². The maximum absolute atomic E-state index is 14.7. The van der Waals surface area contributed by atoms with Gasteiger partial charge in [0.05, 0.1) is 6.61 Å². The Labute approximate surface area is 149 Å². The number of hydrogen-bond acceptors (Lipinski definition) is 7. The van der Waals surface area contributed by atoms with Gasteiger partial charge in [0, 0.05) is 36.2 Å². The molecule has 2 aromatic rings. The van der Waals surface area contributed by atoms with Crippen LogP contribution in [0.2, 0.25) is 0 Å². The highest BCUT2D eigenvalue weighted by Gasteiger charge is 2.13. The van der Waals surface area contributed by atoms with Crippen LogP contribution in [0.5, 0.6) is 6.01 Å². The van der Waals surface area contributed by atoms with E-state index in [2.05, 4.69) is 9.97 Å². The van der Waals surface area contributed by atoms with Crippen LogP contribution in [-0.4, -0.2) is 42.1 Å². The largest absolute Gasteiger partial charge is 0.461 e. The van der Waals surface area contributed by atoms with Crippen molar-refractivity contribution >= 4 is 11.8 Å². The number of aromatic nitrogens is 2. The number of ether oxygens (including phenoxy) is 3. The van der Waals surface area contributed by atoms with Crippen LogP contribution in [0.15, 0.2) is 30.6 Å². The van der Waals surface area contributed by atoms with Crippen molar-refractivity contribution in [2.75, 3.05) is 20.3 Å². The van der Waals surface area contributed by atoms with Gasteiger partial charge in [0.2, 0.25) is 0 Å². The van der Waals surface area contributed by atoms with Crippen LogP contribution in [0.4, 0.5) is 4.39 Å². The van der Waals surface area contributed by atoms with Crippen molar-refractivity contribution in [2.24, 2.45) is 5.73 Å². The number of carbonyl (C=O) groups is 1. The summed E-state index contributed by atoms with van der Waals surface area (Å²) in [5.41, 5.74) is 6.04. The van der Waals surface area contributed by atoms with Crippen molar-refractivity contribution in [1.29, 1.82) is 5.41 Å². The molecule has 0 unspecified atom stereocenters. The highest BCUT2D eigenvalue weighted by Crippen LogP contribution is 2.25. The number of nitrogens with zero attached hydrogens (tertiary/aromatic N) is 2. The maximum Gasteiger partial charge on any atom is 0.316 e. The van der Waals surface area contributed by atoms with Crippen molar-refractivity contribution < 1.29 is 23.4 Å². The van der Waals surface area contributed by atoms with E-state index in [0.29, 0.717) is 18.8 Å². The van der Waals surface area contributed by atoms with Crippen molar-refractivity contribution in [3.63, 3.8) is 0 Å². The first kappa shape index (κ1) is 19.3. The van der Waals surface area contributed by atoms with Gasteiger partial charge < -0.3 is 19.9 Å². The maximum atomic E-state index is 14.7. The van der Waals surface area contributed by atoms with Gasteiger partial charge in [-0.05, 0) is 0 Å². The van der Waals surface area contributed by atoms with E-state index in [1.54, 1.807) is 19.2 Å². The molecule has 1 aromatic heterocycles. The Morgan fingerprint density at radius 3 is 2.65 bits per heavy atom. The van der Waals surface area contributed by atoms with Crippen LogP contribution >= 0.6 is 0 Å². The zero-order chi connectivity index (χ0) is 18.9. The molecule has 0 bridgehead atoms. The molecule has 26 heavy (non-hydrogen) atoms. The number of benzene rings is 1. The first-order valence-electron chi connectivity index (χ1n) is 7.71.